The molecule has 0 atom stereocenters. The number of hydrogen-bond donors (Lipinski definition) is 1. The number of carbonyl (C=O) groups is 1. The SMILES string of the molecule is CC(C)(C)OC(=O)c1ccc(/C(O)=C/c2cc(CCc3ccccc3)ncn2)nc1. The molecule has 0 bridgehead atoms. The molecular formula is C24H25N3O3. The van der Waals surface area contributed by atoms with Gasteiger partial charge >= 0.3 is 5.97 Å². The Morgan fingerprint density at radius 3 is 2.47 bits per heavy atom. The summed E-state index contributed by atoms with van der Waals surface area (Å²) in [7, 11) is 0. The number of ether oxygens (including phenoxy) is 1. The second kappa shape index (κ2) is 9.31. The first-order valence-electron chi connectivity index (χ1n) is 9.75. The van der Waals surface area contributed by atoms with Crippen LogP contribution in [0.2, 0.25) is 0 Å². The fourth-order valence-corrected chi connectivity index (χ4v) is 2.76. The Morgan fingerprint density at radius 1 is 1.03 bits per heavy atom. The second-order valence-corrected chi connectivity index (χ2v) is 7.88. The van der Waals surface area contributed by atoms with Crippen LogP contribution in [0.1, 0.15) is 53.8 Å². The molecule has 0 aliphatic rings. The van der Waals surface area contributed by atoms with Crippen molar-refractivity contribution in [1.82, 2.24) is 15.0 Å². The summed E-state index contributed by atoms with van der Waals surface area (Å²) >= 11 is 0. The average molecular weight is 403 g/mol. The largest absolute Gasteiger partial charge is 0.506 e. The summed E-state index contributed by atoms with van der Waals surface area (Å²) in [5, 5.41) is 10.4. The predicted octanol–water partition coefficient (Wildman–Crippen LogP) is 4.67. The standard InChI is InChI=1S/C24H25N3O3/c1-24(2,3)30-23(29)18-10-12-21(25-15-18)22(28)14-20-13-19(26-16-27-20)11-9-17-7-5-4-6-8-17/h4-8,10,12-16,28H,9,11H2,1-3H3/b22-14-. The molecule has 2 aromatic heterocycles. The van der Waals surface area contributed by atoms with Crippen molar-refractivity contribution in [2.24, 2.45) is 0 Å². The van der Waals surface area contributed by atoms with E-state index >= 15 is 0 Å². The zero-order chi connectivity index (χ0) is 21.6. The number of nitrogens with zero attached hydrogens (tertiary/aromatic N) is 3. The van der Waals surface area contributed by atoms with E-state index in [0.717, 1.165) is 18.5 Å². The molecule has 0 aliphatic carbocycles. The van der Waals surface area contributed by atoms with Crippen LogP contribution in [0.15, 0.2) is 61.1 Å². The van der Waals surface area contributed by atoms with E-state index < -0.39 is 11.6 Å². The molecule has 1 aromatic carbocycles. The lowest BCUT2D eigenvalue weighted by Crippen LogP contribution is -2.23. The number of aromatic nitrogens is 3. The summed E-state index contributed by atoms with van der Waals surface area (Å²) in [5.41, 5.74) is 2.80. The van der Waals surface area contributed by atoms with E-state index in [2.05, 4.69) is 27.1 Å². The molecular weight excluding hydrogens is 378 g/mol. The molecule has 0 amide bonds. The monoisotopic (exact) mass is 403 g/mol. The Hall–Kier alpha value is -3.54. The van der Waals surface area contributed by atoms with Gasteiger partial charge in [0.1, 0.15) is 23.4 Å². The fraction of sp³-hybridized carbons (Fsp3) is 0.250. The minimum Gasteiger partial charge on any atom is -0.506 e. The molecule has 0 spiro atoms. The van der Waals surface area contributed by atoms with Gasteiger partial charge in [0.05, 0.1) is 11.3 Å². The number of rotatable bonds is 6. The number of aliphatic hydroxyl groups is 1. The summed E-state index contributed by atoms with van der Waals surface area (Å²) in [6.07, 6.45) is 6.05. The van der Waals surface area contributed by atoms with Crippen LogP contribution in [0.5, 0.6) is 0 Å². The zero-order valence-corrected chi connectivity index (χ0v) is 17.4. The number of benzene rings is 1. The maximum atomic E-state index is 12.1. The van der Waals surface area contributed by atoms with Crippen LogP contribution in [-0.2, 0) is 17.6 Å². The fourth-order valence-electron chi connectivity index (χ4n) is 2.76. The van der Waals surface area contributed by atoms with Gasteiger partial charge in [0.25, 0.3) is 0 Å². The first-order valence-corrected chi connectivity index (χ1v) is 9.75. The number of hydrogen-bond acceptors (Lipinski definition) is 6. The van der Waals surface area contributed by atoms with Crippen molar-refractivity contribution in [1.29, 1.82) is 0 Å². The van der Waals surface area contributed by atoms with Gasteiger partial charge in [0, 0.05) is 18.0 Å². The van der Waals surface area contributed by atoms with Gasteiger partial charge < -0.3 is 9.84 Å². The summed E-state index contributed by atoms with van der Waals surface area (Å²) in [4.78, 5) is 24.7. The lowest BCUT2D eigenvalue weighted by atomic mass is 10.1. The minimum atomic E-state index is -0.580. The topological polar surface area (TPSA) is 85.2 Å². The van der Waals surface area contributed by atoms with Gasteiger partial charge in [-0.1, -0.05) is 30.3 Å². The van der Waals surface area contributed by atoms with Crippen LogP contribution in [0.4, 0.5) is 0 Å². The van der Waals surface area contributed by atoms with Gasteiger partial charge in [-0.15, -0.1) is 0 Å². The normalized spacial score (nSPS) is 11.9. The zero-order valence-electron chi connectivity index (χ0n) is 17.4. The Balaban J connectivity index is 1.68. The minimum absolute atomic E-state index is 0.0431. The van der Waals surface area contributed by atoms with Gasteiger partial charge in [0.15, 0.2) is 0 Å². The third-order valence-electron chi connectivity index (χ3n) is 4.20. The van der Waals surface area contributed by atoms with Crippen LogP contribution in [-0.4, -0.2) is 31.6 Å². The van der Waals surface area contributed by atoms with Crippen molar-refractivity contribution in [2.45, 2.75) is 39.2 Å². The number of aliphatic hydroxyl groups excluding tert-OH is 1. The Bertz CT molecular complexity index is 1020. The molecule has 0 saturated heterocycles. The van der Waals surface area contributed by atoms with E-state index in [1.807, 2.05) is 24.3 Å². The molecule has 0 fully saturated rings. The Labute approximate surface area is 176 Å². The Kier molecular flexibility index (Phi) is 6.57. The van der Waals surface area contributed by atoms with Gasteiger partial charge in [-0.2, -0.15) is 0 Å². The van der Waals surface area contributed by atoms with E-state index in [1.54, 1.807) is 32.9 Å². The van der Waals surface area contributed by atoms with Gasteiger partial charge in [-0.05, 0) is 57.4 Å². The maximum absolute atomic E-state index is 12.1. The summed E-state index contributed by atoms with van der Waals surface area (Å²) in [5.74, 6) is -0.498. The summed E-state index contributed by atoms with van der Waals surface area (Å²) < 4.78 is 5.31. The first kappa shape index (κ1) is 21.2. The molecule has 0 aliphatic heterocycles. The van der Waals surface area contributed by atoms with E-state index in [4.69, 9.17) is 4.74 Å². The van der Waals surface area contributed by atoms with Gasteiger partial charge in [-0.25, -0.2) is 14.8 Å². The highest BCUT2D eigenvalue weighted by Crippen LogP contribution is 2.16. The average Bonchev–Trinajstić information content (AvgIpc) is 2.72. The second-order valence-electron chi connectivity index (χ2n) is 7.88. The highest BCUT2D eigenvalue weighted by molar-refractivity contribution is 5.89. The highest BCUT2D eigenvalue weighted by atomic mass is 16.6. The molecule has 3 rings (SSSR count). The smallest absolute Gasteiger partial charge is 0.340 e. The maximum Gasteiger partial charge on any atom is 0.340 e. The third-order valence-corrected chi connectivity index (χ3v) is 4.20. The lowest BCUT2D eigenvalue weighted by Gasteiger charge is -2.19. The Morgan fingerprint density at radius 2 is 1.80 bits per heavy atom. The van der Waals surface area contributed by atoms with Crippen LogP contribution >= 0.6 is 0 Å². The molecule has 0 unspecified atom stereocenters. The number of pyridine rings is 1. The van der Waals surface area contributed by atoms with Crippen molar-refractivity contribution < 1.29 is 14.6 Å². The molecule has 1 N–H and O–H groups in total. The van der Waals surface area contributed by atoms with Gasteiger partial charge in [0.2, 0.25) is 0 Å². The lowest BCUT2D eigenvalue weighted by molar-refractivity contribution is 0.00690. The molecule has 6 heteroatoms. The van der Waals surface area contributed by atoms with Crippen molar-refractivity contribution in [3.63, 3.8) is 0 Å². The van der Waals surface area contributed by atoms with Crippen LogP contribution in [0, 0.1) is 0 Å². The van der Waals surface area contributed by atoms with Crippen molar-refractivity contribution >= 4 is 17.8 Å². The molecule has 2 heterocycles. The molecule has 154 valence electrons. The highest BCUT2D eigenvalue weighted by Gasteiger charge is 2.18. The third kappa shape index (κ3) is 6.24. The molecule has 3 aromatic rings. The van der Waals surface area contributed by atoms with E-state index in [1.165, 1.54) is 24.2 Å². The molecule has 0 radical (unpaired) electrons. The van der Waals surface area contributed by atoms with Gasteiger partial charge in [-0.3, -0.25) is 4.98 Å². The van der Waals surface area contributed by atoms with Crippen LogP contribution < -0.4 is 0 Å². The summed E-state index contributed by atoms with van der Waals surface area (Å²) in [6.45, 7) is 5.41. The predicted molar refractivity (Wildman–Crippen MR) is 116 cm³/mol. The molecule has 0 saturated carbocycles. The van der Waals surface area contributed by atoms with E-state index in [-0.39, 0.29) is 5.76 Å². The first-order chi connectivity index (χ1) is 14.3. The van der Waals surface area contributed by atoms with Crippen LogP contribution in [0.3, 0.4) is 0 Å². The molecule has 6 nitrogen and oxygen atoms in total. The number of carbonyl (C=O) groups excluding carboxylic acids is 1. The van der Waals surface area contributed by atoms with E-state index in [0.29, 0.717) is 17.0 Å². The van der Waals surface area contributed by atoms with Crippen molar-refractivity contribution in [3.8, 4) is 0 Å². The quantitative estimate of drug-likeness (QED) is 0.476. The van der Waals surface area contributed by atoms with Crippen molar-refractivity contribution in [2.75, 3.05) is 0 Å². The van der Waals surface area contributed by atoms with Crippen molar-refractivity contribution in [3.05, 3.63) is 89.3 Å². The number of esters is 1. The molecule has 30 heavy (non-hydrogen) atoms. The number of aryl methyl sites for hydroxylation is 2. The van der Waals surface area contributed by atoms with E-state index in [9.17, 15) is 9.90 Å². The van der Waals surface area contributed by atoms with Crippen LogP contribution in [0.25, 0.3) is 11.8 Å². The summed E-state index contributed by atoms with van der Waals surface area (Å²) in [6, 6.07) is 15.2.